The van der Waals surface area contributed by atoms with Crippen LogP contribution in [0.25, 0.3) is 22.1 Å². The van der Waals surface area contributed by atoms with Crippen LogP contribution in [-0.4, -0.2) is 57.3 Å². The molecule has 170 valence electrons. The second-order valence-corrected chi connectivity index (χ2v) is 8.83. The Morgan fingerprint density at radius 2 is 0.938 bits per heavy atom. The molecule has 0 N–H and O–H groups in total. The zero-order valence-corrected chi connectivity index (χ0v) is 20.4. The summed E-state index contributed by atoms with van der Waals surface area (Å²) in [7, 11) is 0. The molecular formula is C26H37N6+. The van der Waals surface area contributed by atoms with E-state index in [9.17, 15) is 0 Å². The summed E-state index contributed by atoms with van der Waals surface area (Å²) in [4.78, 5) is 15.2. The van der Waals surface area contributed by atoms with E-state index < -0.39 is 0 Å². The molecule has 6 nitrogen and oxygen atoms in total. The molecule has 0 unspecified atom stereocenters. The van der Waals surface area contributed by atoms with E-state index >= 15 is 0 Å². The molecule has 32 heavy (non-hydrogen) atoms. The first kappa shape index (κ1) is 21.1. The highest BCUT2D eigenvalue weighted by Crippen LogP contribution is 2.38. The molecule has 1 aromatic heterocycles. The van der Waals surface area contributed by atoms with Gasteiger partial charge in [0.15, 0.2) is 0 Å². The number of aromatic nitrogens is 2. The minimum Gasteiger partial charge on any atom is -0.368 e. The van der Waals surface area contributed by atoms with Crippen molar-refractivity contribution in [1.82, 2.24) is 4.98 Å². The van der Waals surface area contributed by atoms with Crippen molar-refractivity contribution in [3.05, 3.63) is 24.3 Å². The predicted octanol–water partition coefficient (Wildman–Crippen LogP) is 4.03. The molecule has 2 aliphatic rings. The second-order valence-electron chi connectivity index (χ2n) is 8.83. The van der Waals surface area contributed by atoms with E-state index in [4.69, 9.17) is 4.98 Å². The number of rotatable bonds is 5. The SMILES string of the molecule is CCN1CCN(CC)c2cc3c(cc21)nc1cc2c(cc1[n+]3CC)N(CC)CCN2CC. The van der Waals surface area contributed by atoms with Crippen molar-refractivity contribution in [2.45, 2.75) is 41.2 Å². The Hall–Kier alpha value is -2.76. The third-order valence-electron chi connectivity index (χ3n) is 7.45. The standard InChI is InChI=1S/C26H37N6/c1-6-28-11-13-30(8-3)25-17-21-19(15-23(25)28)27-20-16-24-26(18-22(20)32(21)10-5)31(9-4)14-12-29(24)7-2/h15-18H,6-14H2,1-5H3/q+1. The Morgan fingerprint density at radius 1 is 0.594 bits per heavy atom. The summed E-state index contributed by atoms with van der Waals surface area (Å²) in [5.74, 6) is 0. The lowest BCUT2D eigenvalue weighted by Crippen LogP contribution is -2.42. The van der Waals surface area contributed by atoms with Crippen molar-refractivity contribution < 1.29 is 4.57 Å². The van der Waals surface area contributed by atoms with Gasteiger partial charge >= 0.3 is 0 Å². The first-order chi connectivity index (χ1) is 15.6. The minimum absolute atomic E-state index is 0.931. The molecule has 6 heteroatoms. The van der Waals surface area contributed by atoms with Crippen LogP contribution in [0.4, 0.5) is 22.7 Å². The van der Waals surface area contributed by atoms with Crippen LogP contribution in [0.2, 0.25) is 0 Å². The van der Waals surface area contributed by atoms with Crippen molar-refractivity contribution >= 4 is 44.8 Å². The van der Waals surface area contributed by atoms with Gasteiger partial charge in [0.25, 0.3) is 0 Å². The van der Waals surface area contributed by atoms with E-state index in [1.54, 1.807) is 0 Å². The number of aryl methyl sites for hydroxylation is 1. The lowest BCUT2D eigenvalue weighted by Gasteiger charge is -2.38. The summed E-state index contributed by atoms with van der Waals surface area (Å²) in [5.41, 5.74) is 10.0. The van der Waals surface area contributed by atoms with Crippen LogP contribution in [-0.2, 0) is 6.54 Å². The maximum Gasteiger partial charge on any atom is 0.233 e. The third-order valence-corrected chi connectivity index (χ3v) is 7.45. The molecule has 0 bridgehead atoms. The van der Waals surface area contributed by atoms with Crippen LogP contribution < -0.4 is 24.2 Å². The number of fused-ring (bicyclic) bond motifs is 4. The topological polar surface area (TPSA) is 29.7 Å². The molecule has 0 radical (unpaired) electrons. The molecule has 0 aliphatic carbocycles. The number of nitrogens with zero attached hydrogens (tertiary/aromatic N) is 6. The first-order valence-corrected chi connectivity index (χ1v) is 12.5. The summed E-state index contributed by atoms with van der Waals surface area (Å²) in [6.45, 7) is 20.7. The van der Waals surface area contributed by atoms with Crippen LogP contribution in [0.5, 0.6) is 0 Å². The smallest absolute Gasteiger partial charge is 0.233 e. The van der Waals surface area contributed by atoms with E-state index in [0.717, 1.165) is 69.9 Å². The average molecular weight is 434 g/mol. The summed E-state index contributed by atoms with van der Waals surface area (Å²) < 4.78 is 2.47. The molecule has 5 rings (SSSR count). The third kappa shape index (κ3) is 3.14. The Labute approximate surface area is 192 Å². The summed E-state index contributed by atoms with van der Waals surface area (Å²) in [6.07, 6.45) is 0. The molecule has 3 aromatic rings. The van der Waals surface area contributed by atoms with Crippen LogP contribution in [0, 0.1) is 0 Å². The summed E-state index contributed by atoms with van der Waals surface area (Å²) in [6, 6.07) is 9.44. The quantitative estimate of drug-likeness (QED) is 0.448. The monoisotopic (exact) mass is 433 g/mol. The van der Waals surface area contributed by atoms with E-state index in [0.29, 0.717) is 0 Å². The van der Waals surface area contributed by atoms with Crippen LogP contribution in [0.1, 0.15) is 34.6 Å². The van der Waals surface area contributed by atoms with Gasteiger partial charge in [-0.2, -0.15) is 4.57 Å². The number of likely N-dealkylation sites (N-methyl/N-ethyl adjacent to an activating group) is 4. The van der Waals surface area contributed by atoms with Crippen LogP contribution in [0.15, 0.2) is 24.3 Å². The van der Waals surface area contributed by atoms with Crippen molar-refractivity contribution in [2.75, 3.05) is 72.0 Å². The number of hydrogen-bond donors (Lipinski definition) is 0. The highest BCUT2D eigenvalue weighted by molar-refractivity contribution is 5.94. The average Bonchev–Trinajstić information content (AvgIpc) is 2.83. The number of anilines is 4. The summed E-state index contributed by atoms with van der Waals surface area (Å²) >= 11 is 0. The molecule has 0 spiro atoms. The number of benzene rings is 2. The maximum atomic E-state index is 5.23. The molecular weight excluding hydrogens is 396 g/mol. The van der Waals surface area contributed by atoms with E-state index in [1.165, 1.54) is 33.8 Å². The lowest BCUT2D eigenvalue weighted by molar-refractivity contribution is -0.641. The second kappa shape index (κ2) is 8.30. The zero-order chi connectivity index (χ0) is 22.4. The first-order valence-electron chi connectivity index (χ1n) is 12.5. The van der Waals surface area contributed by atoms with Gasteiger partial charge < -0.3 is 19.6 Å². The van der Waals surface area contributed by atoms with Crippen LogP contribution in [0.3, 0.4) is 0 Å². The van der Waals surface area contributed by atoms with Gasteiger partial charge in [-0.1, -0.05) is 0 Å². The predicted molar refractivity (Wildman–Crippen MR) is 137 cm³/mol. The van der Waals surface area contributed by atoms with Crippen molar-refractivity contribution in [3.63, 3.8) is 0 Å². The molecule has 0 atom stereocenters. The Bertz CT molecular complexity index is 1070. The van der Waals surface area contributed by atoms with Crippen molar-refractivity contribution in [2.24, 2.45) is 0 Å². The maximum absolute atomic E-state index is 5.23. The Kier molecular flexibility index (Phi) is 5.48. The highest BCUT2D eigenvalue weighted by Gasteiger charge is 2.28. The molecule has 2 aromatic carbocycles. The van der Waals surface area contributed by atoms with E-state index in [1.807, 2.05) is 0 Å². The van der Waals surface area contributed by atoms with Gasteiger partial charge in [0.2, 0.25) is 11.0 Å². The van der Waals surface area contributed by atoms with E-state index in [2.05, 4.69) is 83.1 Å². The van der Waals surface area contributed by atoms with Gasteiger partial charge in [0.1, 0.15) is 17.6 Å². The minimum atomic E-state index is 0.931. The van der Waals surface area contributed by atoms with Crippen LogP contribution >= 0.6 is 0 Å². The Morgan fingerprint density at radius 3 is 1.25 bits per heavy atom. The van der Waals surface area contributed by atoms with Gasteiger partial charge in [-0.3, -0.25) is 0 Å². The van der Waals surface area contributed by atoms with Crippen molar-refractivity contribution in [3.8, 4) is 0 Å². The molecule has 0 fully saturated rings. The van der Waals surface area contributed by atoms with Gasteiger partial charge in [-0.15, -0.1) is 0 Å². The summed E-state index contributed by atoms with van der Waals surface area (Å²) in [5, 5.41) is 0. The normalized spacial score (nSPS) is 16.2. The van der Waals surface area contributed by atoms with Gasteiger partial charge in [0, 0.05) is 64.5 Å². The van der Waals surface area contributed by atoms with E-state index in [-0.39, 0.29) is 0 Å². The fraction of sp³-hybridized carbons (Fsp3) is 0.538. The molecule has 0 saturated heterocycles. The highest BCUT2D eigenvalue weighted by atomic mass is 15.3. The largest absolute Gasteiger partial charge is 0.368 e. The van der Waals surface area contributed by atoms with Gasteiger partial charge in [-0.25, -0.2) is 4.98 Å². The van der Waals surface area contributed by atoms with Gasteiger partial charge in [0.05, 0.1) is 22.7 Å². The lowest BCUT2D eigenvalue weighted by atomic mass is 10.1. The van der Waals surface area contributed by atoms with Crippen molar-refractivity contribution in [1.29, 1.82) is 0 Å². The Balaban J connectivity index is 1.80. The molecule has 2 aliphatic heterocycles. The van der Waals surface area contributed by atoms with Gasteiger partial charge in [-0.05, 0) is 46.8 Å². The number of hydrogen-bond acceptors (Lipinski definition) is 5. The fourth-order valence-corrected chi connectivity index (χ4v) is 5.61. The molecule has 3 heterocycles. The fourth-order valence-electron chi connectivity index (χ4n) is 5.61. The molecule has 0 saturated carbocycles. The zero-order valence-electron chi connectivity index (χ0n) is 20.4. The molecule has 0 amide bonds.